The lowest BCUT2D eigenvalue weighted by molar-refractivity contribution is 0.0651. The Labute approximate surface area is 281 Å². The second kappa shape index (κ2) is 17.0. The minimum absolute atomic E-state index is 0.193. The smallest absolute Gasteiger partial charge is 0.261 e. The van der Waals surface area contributed by atoms with Crippen LogP contribution in [-0.4, -0.2) is 48.6 Å². The van der Waals surface area contributed by atoms with Crippen molar-refractivity contribution in [1.82, 2.24) is 4.90 Å². The SMILES string of the molecule is CS(=O)(=O)[O-].O=C1c2ccccc2C(=O)N1CCCCCCCCCC[P+](c1ccc(F)cc1)(c1ccc(F)cc1)c1ccc(F)cc1. The Hall–Kier alpha value is -3.85. The van der Waals surface area contributed by atoms with Crippen molar-refractivity contribution in [3.8, 4) is 0 Å². The average molecular weight is 698 g/mol. The van der Waals surface area contributed by atoms with E-state index in [1.54, 1.807) is 24.3 Å². The predicted molar refractivity (Wildman–Crippen MR) is 184 cm³/mol. The molecule has 48 heavy (non-hydrogen) atoms. The highest BCUT2D eigenvalue weighted by Gasteiger charge is 2.45. The first kappa shape index (κ1) is 37.0. The molecule has 0 radical (unpaired) electrons. The van der Waals surface area contributed by atoms with Gasteiger partial charge in [-0.3, -0.25) is 14.5 Å². The second-order valence-corrected chi connectivity index (χ2v) is 16.8. The zero-order valence-electron chi connectivity index (χ0n) is 26.8. The monoisotopic (exact) mass is 697 g/mol. The van der Waals surface area contributed by atoms with E-state index in [2.05, 4.69) is 0 Å². The fourth-order valence-corrected chi connectivity index (χ4v) is 10.4. The van der Waals surface area contributed by atoms with Gasteiger partial charge >= 0.3 is 0 Å². The fourth-order valence-electron chi connectivity index (χ4n) is 6.04. The molecular weight excluding hydrogens is 658 g/mol. The Kier molecular flexibility index (Phi) is 13.1. The van der Waals surface area contributed by atoms with Crippen LogP contribution in [0.1, 0.15) is 72.1 Å². The van der Waals surface area contributed by atoms with Gasteiger partial charge in [0.05, 0.1) is 27.4 Å². The number of rotatable bonds is 14. The van der Waals surface area contributed by atoms with E-state index >= 15 is 0 Å². The molecule has 0 aromatic heterocycles. The topological polar surface area (TPSA) is 94.6 Å². The second-order valence-electron chi connectivity index (χ2n) is 11.8. The van der Waals surface area contributed by atoms with Gasteiger partial charge in [-0.05, 0) is 104 Å². The molecule has 0 saturated carbocycles. The van der Waals surface area contributed by atoms with Crippen LogP contribution in [0.3, 0.4) is 0 Å². The average Bonchev–Trinajstić information content (AvgIpc) is 3.29. The lowest BCUT2D eigenvalue weighted by Crippen LogP contribution is -2.33. The van der Waals surface area contributed by atoms with Gasteiger partial charge in [0.25, 0.3) is 11.8 Å². The van der Waals surface area contributed by atoms with E-state index in [4.69, 9.17) is 13.0 Å². The Bertz CT molecular complexity index is 1630. The zero-order valence-corrected chi connectivity index (χ0v) is 28.5. The van der Waals surface area contributed by atoms with Gasteiger partial charge in [0, 0.05) is 12.8 Å². The van der Waals surface area contributed by atoms with Crippen LogP contribution in [0.2, 0.25) is 0 Å². The van der Waals surface area contributed by atoms with Gasteiger partial charge < -0.3 is 4.55 Å². The molecule has 2 amide bonds. The Balaban J connectivity index is 0.000000968. The number of amides is 2. The number of unbranched alkanes of at least 4 members (excludes halogenated alkanes) is 7. The van der Waals surface area contributed by atoms with Crippen molar-refractivity contribution in [3.63, 3.8) is 0 Å². The molecule has 0 aliphatic carbocycles. The van der Waals surface area contributed by atoms with Crippen molar-refractivity contribution >= 4 is 45.1 Å². The summed E-state index contributed by atoms with van der Waals surface area (Å²) in [5.41, 5.74) is 0.995. The molecule has 0 bridgehead atoms. The predicted octanol–water partition coefficient (Wildman–Crippen LogP) is 6.98. The third-order valence-electron chi connectivity index (χ3n) is 8.31. The first-order valence-electron chi connectivity index (χ1n) is 15.9. The van der Waals surface area contributed by atoms with Crippen LogP contribution in [0.4, 0.5) is 13.2 Å². The summed E-state index contributed by atoms with van der Waals surface area (Å²) in [5.74, 6) is -1.33. The van der Waals surface area contributed by atoms with Crippen LogP contribution in [0.15, 0.2) is 97.1 Å². The van der Waals surface area contributed by atoms with Crippen molar-refractivity contribution in [2.75, 3.05) is 19.0 Å². The molecular formula is C37H39F3NO5PS. The van der Waals surface area contributed by atoms with E-state index in [9.17, 15) is 22.8 Å². The standard InChI is InChI=1S/C36H36F3NO2P.CH4O3S/c37-27-13-19-30(20-14-27)43(31-21-15-28(38)16-22-31,32-23-17-29(39)18-24-32)26-10-6-4-2-1-3-5-9-25-40-35(41)33-11-7-8-12-34(33)36(40)42;1-5(2,3)4/h7-8,11-24H,1-6,9-10,25-26H2;1H3,(H,2,3,4)/q+1;/p-1. The lowest BCUT2D eigenvalue weighted by Gasteiger charge is -2.28. The summed E-state index contributed by atoms with van der Waals surface area (Å²) in [6.45, 7) is 0.453. The maximum atomic E-state index is 13.9. The normalized spacial score (nSPS) is 12.9. The first-order valence-corrected chi connectivity index (χ1v) is 19.7. The Morgan fingerprint density at radius 2 is 0.875 bits per heavy atom. The van der Waals surface area contributed by atoms with Crippen molar-refractivity contribution in [2.24, 2.45) is 0 Å². The minimum atomic E-state index is -3.92. The number of carbonyl (C=O) groups is 2. The quantitative estimate of drug-likeness (QED) is 0.0614. The summed E-state index contributed by atoms with van der Waals surface area (Å²) in [6.07, 6.45) is 9.39. The highest BCUT2D eigenvalue weighted by atomic mass is 32.2. The van der Waals surface area contributed by atoms with E-state index in [1.165, 1.54) is 41.3 Å². The summed E-state index contributed by atoms with van der Waals surface area (Å²) >= 11 is 0. The van der Waals surface area contributed by atoms with E-state index < -0.39 is 17.4 Å². The number of fused-ring (bicyclic) bond motifs is 1. The molecule has 1 aliphatic rings. The summed E-state index contributed by atoms with van der Waals surface area (Å²) in [7, 11) is -6.20. The Morgan fingerprint density at radius 3 is 1.23 bits per heavy atom. The van der Waals surface area contributed by atoms with Gasteiger partial charge in [-0.15, -0.1) is 0 Å². The molecule has 6 nitrogen and oxygen atoms in total. The zero-order chi connectivity index (χ0) is 34.7. The highest BCUT2D eigenvalue weighted by Crippen LogP contribution is 2.56. The minimum Gasteiger partial charge on any atom is -0.748 e. The summed E-state index contributed by atoms with van der Waals surface area (Å²) in [6, 6.07) is 26.7. The van der Waals surface area contributed by atoms with Crippen LogP contribution >= 0.6 is 7.26 Å². The summed E-state index contributed by atoms with van der Waals surface area (Å²) in [5, 5.41) is 2.97. The van der Waals surface area contributed by atoms with Crippen LogP contribution in [0.5, 0.6) is 0 Å². The third-order valence-corrected chi connectivity index (χ3v) is 12.8. The molecule has 1 aliphatic heterocycles. The maximum Gasteiger partial charge on any atom is 0.261 e. The van der Waals surface area contributed by atoms with E-state index in [0.29, 0.717) is 23.9 Å². The summed E-state index contributed by atoms with van der Waals surface area (Å²) in [4.78, 5) is 26.4. The number of hydrogen-bond acceptors (Lipinski definition) is 5. The van der Waals surface area contributed by atoms with E-state index in [0.717, 1.165) is 73.4 Å². The van der Waals surface area contributed by atoms with Gasteiger partial charge in [0.2, 0.25) is 0 Å². The molecule has 254 valence electrons. The van der Waals surface area contributed by atoms with Crippen molar-refractivity contribution < 1.29 is 35.7 Å². The van der Waals surface area contributed by atoms with Gasteiger partial charge in [0.1, 0.15) is 40.6 Å². The largest absolute Gasteiger partial charge is 0.748 e. The van der Waals surface area contributed by atoms with Crippen LogP contribution in [-0.2, 0) is 10.1 Å². The molecule has 4 aromatic carbocycles. The number of halogens is 3. The van der Waals surface area contributed by atoms with Gasteiger partial charge in [-0.1, -0.05) is 44.2 Å². The molecule has 0 saturated heterocycles. The molecule has 0 spiro atoms. The van der Waals surface area contributed by atoms with Crippen LogP contribution in [0, 0.1) is 17.5 Å². The van der Waals surface area contributed by atoms with Gasteiger partial charge in [-0.25, -0.2) is 21.6 Å². The van der Waals surface area contributed by atoms with E-state index in [-0.39, 0.29) is 29.3 Å². The van der Waals surface area contributed by atoms with E-state index in [1.807, 2.05) is 36.4 Å². The maximum absolute atomic E-state index is 13.9. The van der Waals surface area contributed by atoms with Gasteiger partial charge in [0.15, 0.2) is 0 Å². The number of imide groups is 1. The van der Waals surface area contributed by atoms with Gasteiger partial charge in [-0.2, -0.15) is 0 Å². The number of hydrogen-bond donors (Lipinski definition) is 0. The molecule has 11 heteroatoms. The molecule has 0 unspecified atom stereocenters. The Morgan fingerprint density at radius 1 is 0.562 bits per heavy atom. The molecule has 1 heterocycles. The third kappa shape index (κ3) is 9.84. The van der Waals surface area contributed by atoms with Crippen LogP contribution in [0.25, 0.3) is 0 Å². The number of nitrogens with zero attached hydrogens (tertiary/aromatic N) is 1. The molecule has 0 atom stereocenters. The fraction of sp³-hybridized carbons (Fsp3) is 0.297. The van der Waals surface area contributed by atoms with Crippen molar-refractivity contribution in [1.29, 1.82) is 0 Å². The van der Waals surface area contributed by atoms with Crippen LogP contribution < -0.4 is 15.9 Å². The number of benzene rings is 4. The summed E-state index contributed by atoms with van der Waals surface area (Å²) < 4.78 is 69.0. The molecule has 4 aromatic rings. The lowest BCUT2D eigenvalue weighted by atomic mass is 10.1. The molecule has 5 rings (SSSR count). The van der Waals surface area contributed by atoms with Crippen molar-refractivity contribution in [3.05, 3.63) is 126 Å². The first-order chi connectivity index (χ1) is 22.9. The number of carbonyl (C=O) groups excluding carboxylic acids is 2. The molecule has 0 N–H and O–H groups in total. The highest BCUT2D eigenvalue weighted by molar-refractivity contribution is 7.95. The van der Waals surface area contributed by atoms with Crippen molar-refractivity contribution in [2.45, 2.75) is 51.4 Å². The molecule has 0 fully saturated rings.